The molecule has 0 amide bonds. The van der Waals surface area contributed by atoms with Crippen molar-refractivity contribution in [3.63, 3.8) is 0 Å². The van der Waals surface area contributed by atoms with Crippen LogP contribution in [-0.4, -0.2) is 13.1 Å². The number of hydrogen-bond donors (Lipinski definition) is 0. The lowest BCUT2D eigenvalue weighted by Crippen LogP contribution is -2.02. The fraction of sp³-hybridized carbons (Fsp3) is 0.286. The minimum atomic E-state index is -0.611. The van der Waals surface area contributed by atoms with E-state index in [-0.39, 0.29) is 5.57 Å². The standard InChI is InChI=1S/C14H15NO2/c1-10(2)12-6-4-11(5-7-12)8-13(9-15)14(16)17-3/h4-8,10H,1-3H3/b13-8+. The fourth-order valence-electron chi connectivity index (χ4n) is 1.39. The van der Waals surface area contributed by atoms with Crippen LogP contribution < -0.4 is 0 Å². The highest BCUT2D eigenvalue weighted by molar-refractivity contribution is 5.97. The molecule has 1 aromatic carbocycles. The van der Waals surface area contributed by atoms with Gasteiger partial charge in [-0.3, -0.25) is 0 Å². The average molecular weight is 229 g/mol. The van der Waals surface area contributed by atoms with Crippen molar-refractivity contribution in [2.75, 3.05) is 7.11 Å². The lowest BCUT2D eigenvalue weighted by molar-refractivity contribution is -0.135. The Labute approximate surface area is 101 Å². The van der Waals surface area contributed by atoms with Gasteiger partial charge in [0.05, 0.1) is 7.11 Å². The number of esters is 1. The summed E-state index contributed by atoms with van der Waals surface area (Å²) in [5.41, 5.74) is 2.04. The maximum atomic E-state index is 11.2. The molecule has 0 saturated carbocycles. The Morgan fingerprint density at radius 3 is 2.35 bits per heavy atom. The number of methoxy groups -OCH3 is 1. The second-order valence-electron chi connectivity index (χ2n) is 3.98. The first-order chi connectivity index (χ1) is 8.08. The van der Waals surface area contributed by atoms with E-state index in [2.05, 4.69) is 18.6 Å². The first-order valence-corrected chi connectivity index (χ1v) is 5.38. The summed E-state index contributed by atoms with van der Waals surface area (Å²) in [6.07, 6.45) is 1.52. The largest absolute Gasteiger partial charge is 0.465 e. The lowest BCUT2D eigenvalue weighted by atomic mass is 10.0. The summed E-state index contributed by atoms with van der Waals surface area (Å²) >= 11 is 0. The van der Waals surface area contributed by atoms with Crippen molar-refractivity contribution in [2.24, 2.45) is 0 Å². The number of nitrogens with zero attached hydrogens (tertiary/aromatic N) is 1. The van der Waals surface area contributed by atoms with Crippen LogP contribution in [0.3, 0.4) is 0 Å². The fourth-order valence-corrected chi connectivity index (χ4v) is 1.39. The molecular weight excluding hydrogens is 214 g/mol. The molecule has 0 aliphatic carbocycles. The van der Waals surface area contributed by atoms with Gasteiger partial charge >= 0.3 is 5.97 Å². The van der Waals surface area contributed by atoms with Gasteiger partial charge in [0, 0.05) is 0 Å². The molecule has 0 saturated heterocycles. The smallest absolute Gasteiger partial charge is 0.348 e. The zero-order chi connectivity index (χ0) is 12.8. The number of nitriles is 1. The molecule has 1 rings (SSSR count). The monoisotopic (exact) mass is 229 g/mol. The zero-order valence-corrected chi connectivity index (χ0v) is 10.2. The Kier molecular flexibility index (Phi) is 4.47. The molecule has 3 nitrogen and oxygen atoms in total. The molecule has 88 valence electrons. The van der Waals surface area contributed by atoms with E-state index in [0.29, 0.717) is 5.92 Å². The molecule has 0 aliphatic heterocycles. The van der Waals surface area contributed by atoms with E-state index in [1.807, 2.05) is 30.3 Å². The van der Waals surface area contributed by atoms with Crippen molar-refractivity contribution >= 4 is 12.0 Å². The molecule has 1 aromatic rings. The summed E-state index contributed by atoms with van der Waals surface area (Å²) in [6.45, 7) is 4.22. The molecule has 0 unspecified atom stereocenters. The van der Waals surface area contributed by atoms with Gasteiger partial charge in [-0.15, -0.1) is 0 Å². The van der Waals surface area contributed by atoms with Crippen molar-refractivity contribution in [1.29, 1.82) is 5.26 Å². The molecule has 0 aliphatic rings. The molecule has 0 atom stereocenters. The maximum absolute atomic E-state index is 11.2. The Bertz CT molecular complexity index is 464. The highest BCUT2D eigenvalue weighted by Gasteiger charge is 2.08. The molecule has 3 heteroatoms. The van der Waals surface area contributed by atoms with Crippen molar-refractivity contribution in [1.82, 2.24) is 0 Å². The molecule has 17 heavy (non-hydrogen) atoms. The van der Waals surface area contributed by atoms with Crippen LogP contribution in [0.2, 0.25) is 0 Å². The number of benzene rings is 1. The summed E-state index contributed by atoms with van der Waals surface area (Å²) in [4.78, 5) is 11.2. The summed E-state index contributed by atoms with van der Waals surface area (Å²) in [5, 5.41) is 8.81. The molecule has 0 aromatic heterocycles. The molecule has 0 spiro atoms. The van der Waals surface area contributed by atoms with Gasteiger partial charge in [-0.05, 0) is 23.1 Å². The third kappa shape index (κ3) is 3.46. The molecule has 0 heterocycles. The number of ether oxygens (including phenoxy) is 1. The van der Waals surface area contributed by atoms with Crippen LogP contribution in [0.5, 0.6) is 0 Å². The van der Waals surface area contributed by atoms with Gasteiger partial charge in [-0.2, -0.15) is 5.26 Å². The Morgan fingerprint density at radius 2 is 1.94 bits per heavy atom. The number of rotatable bonds is 3. The average Bonchev–Trinajstić information content (AvgIpc) is 2.35. The first-order valence-electron chi connectivity index (χ1n) is 5.38. The molecule has 0 fully saturated rings. The molecular formula is C14H15NO2. The zero-order valence-electron chi connectivity index (χ0n) is 10.2. The van der Waals surface area contributed by atoms with Crippen LogP contribution in [0.4, 0.5) is 0 Å². The Balaban J connectivity index is 2.98. The van der Waals surface area contributed by atoms with Gasteiger partial charge in [0.25, 0.3) is 0 Å². The minimum absolute atomic E-state index is 0.00444. The van der Waals surface area contributed by atoms with Crippen LogP contribution >= 0.6 is 0 Å². The van der Waals surface area contributed by atoms with Crippen LogP contribution in [0.15, 0.2) is 29.8 Å². The van der Waals surface area contributed by atoms with E-state index < -0.39 is 5.97 Å². The van der Waals surface area contributed by atoms with Crippen LogP contribution in [-0.2, 0) is 9.53 Å². The maximum Gasteiger partial charge on any atom is 0.348 e. The van der Waals surface area contributed by atoms with Gasteiger partial charge in [0.1, 0.15) is 11.6 Å². The summed E-state index contributed by atoms with van der Waals surface area (Å²) in [5.74, 6) is -0.149. The normalized spacial score (nSPS) is 11.1. The second-order valence-corrected chi connectivity index (χ2v) is 3.98. The van der Waals surface area contributed by atoms with E-state index in [4.69, 9.17) is 5.26 Å². The van der Waals surface area contributed by atoms with Gasteiger partial charge in [0.2, 0.25) is 0 Å². The van der Waals surface area contributed by atoms with Crippen molar-refractivity contribution in [3.05, 3.63) is 41.0 Å². The van der Waals surface area contributed by atoms with Crippen LogP contribution in [0.25, 0.3) is 6.08 Å². The highest BCUT2D eigenvalue weighted by Crippen LogP contribution is 2.16. The van der Waals surface area contributed by atoms with E-state index in [1.54, 1.807) is 0 Å². The van der Waals surface area contributed by atoms with Crippen molar-refractivity contribution in [2.45, 2.75) is 19.8 Å². The van der Waals surface area contributed by atoms with Crippen molar-refractivity contribution in [3.8, 4) is 6.07 Å². The quantitative estimate of drug-likeness (QED) is 0.455. The van der Waals surface area contributed by atoms with Crippen molar-refractivity contribution < 1.29 is 9.53 Å². The van der Waals surface area contributed by atoms with E-state index >= 15 is 0 Å². The highest BCUT2D eigenvalue weighted by atomic mass is 16.5. The SMILES string of the molecule is COC(=O)/C(C#N)=C/c1ccc(C(C)C)cc1. The van der Waals surface area contributed by atoms with Gasteiger partial charge in [0.15, 0.2) is 0 Å². The Hall–Kier alpha value is -2.08. The molecule has 0 N–H and O–H groups in total. The number of hydrogen-bond acceptors (Lipinski definition) is 3. The van der Waals surface area contributed by atoms with Crippen LogP contribution in [0.1, 0.15) is 30.9 Å². The number of carbonyl (C=O) groups is 1. The molecule has 0 radical (unpaired) electrons. The lowest BCUT2D eigenvalue weighted by Gasteiger charge is -2.04. The number of carbonyl (C=O) groups excluding carboxylic acids is 1. The predicted octanol–water partition coefficient (Wildman–Crippen LogP) is 2.89. The van der Waals surface area contributed by atoms with Crippen LogP contribution in [0, 0.1) is 11.3 Å². The van der Waals surface area contributed by atoms with Gasteiger partial charge in [-0.25, -0.2) is 4.79 Å². The predicted molar refractivity (Wildman–Crippen MR) is 66.1 cm³/mol. The third-order valence-electron chi connectivity index (χ3n) is 2.44. The minimum Gasteiger partial charge on any atom is -0.465 e. The van der Waals surface area contributed by atoms with Gasteiger partial charge in [-0.1, -0.05) is 38.1 Å². The van der Waals surface area contributed by atoms with Gasteiger partial charge < -0.3 is 4.74 Å². The van der Waals surface area contributed by atoms with E-state index in [9.17, 15) is 4.79 Å². The summed E-state index contributed by atoms with van der Waals surface area (Å²) in [7, 11) is 1.26. The molecule has 0 bridgehead atoms. The third-order valence-corrected chi connectivity index (χ3v) is 2.44. The van der Waals surface area contributed by atoms with E-state index in [1.165, 1.54) is 18.7 Å². The summed E-state index contributed by atoms with van der Waals surface area (Å²) in [6, 6.07) is 9.57. The Morgan fingerprint density at radius 1 is 1.35 bits per heavy atom. The second kappa shape index (κ2) is 5.86. The summed E-state index contributed by atoms with van der Waals surface area (Å²) < 4.78 is 4.51. The topological polar surface area (TPSA) is 50.1 Å². The van der Waals surface area contributed by atoms with E-state index in [0.717, 1.165) is 5.56 Å². The first kappa shape index (κ1) is 13.0.